The third-order valence-electron chi connectivity index (χ3n) is 1.65. The summed E-state index contributed by atoms with van der Waals surface area (Å²) >= 11 is 1.69. The summed E-state index contributed by atoms with van der Waals surface area (Å²) in [5, 5.41) is 6.57. The Bertz CT molecular complexity index is 245. The topological polar surface area (TPSA) is 50.9 Å². The summed E-state index contributed by atoms with van der Waals surface area (Å²) in [5.74, 6) is 0. The number of thiazole rings is 1. The monoisotopic (exact) mass is 199 g/mol. The van der Waals surface area contributed by atoms with Gasteiger partial charge in [0.25, 0.3) is 0 Å². The third-order valence-corrected chi connectivity index (χ3v) is 2.61. The summed E-state index contributed by atoms with van der Waals surface area (Å²) < 4.78 is 0. The van der Waals surface area contributed by atoms with Gasteiger partial charge in [0, 0.05) is 24.4 Å². The molecule has 0 radical (unpaired) electrons. The number of hydrogen-bond acceptors (Lipinski definition) is 4. The van der Waals surface area contributed by atoms with E-state index in [1.165, 1.54) is 0 Å². The first-order valence-electron chi connectivity index (χ1n) is 4.59. The molecule has 1 rings (SSSR count). The van der Waals surface area contributed by atoms with Crippen molar-refractivity contribution in [3.8, 4) is 0 Å². The maximum atomic E-state index is 5.44. The number of aromatic nitrogens is 1. The van der Waals surface area contributed by atoms with Gasteiger partial charge in [0.05, 0.1) is 10.7 Å². The molecule has 0 aliphatic heterocycles. The normalized spacial score (nSPS) is 11.1. The van der Waals surface area contributed by atoms with Gasteiger partial charge in [-0.05, 0) is 6.54 Å². The Kier molecular flexibility index (Phi) is 4.35. The maximum absolute atomic E-state index is 5.44. The van der Waals surface area contributed by atoms with E-state index in [1.807, 2.05) is 0 Å². The minimum atomic E-state index is 0.514. The van der Waals surface area contributed by atoms with Gasteiger partial charge in [0.15, 0.2) is 0 Å². The Morgan fingerprint density at radius 3 is 3.00 bits per heavy atom. The molecule has 13 heavy (non-hydrogen) atoms. The molecule has 3 nitrogen and oxygen atoms in total. The summed E-state index contributed by atoms with van der Waals surface area (Å²) in [5.41, 5.74) is 6.57. The van der Waals surface area contributed by atoms with Crippen LogP contribution in [0.3, 0.4) is 0 Å². The molecular weight excluding hydrogens is 182 g/mol. The summed E-state index contributed by atoms with van der Waals surface area (Å²) in [7, 11) is 0. The Morgan fingerprint density at radius 2 is 2.38 bits per heavy atom. The number of rotatable bonds is 5. The minimum Gasteiger partial charge on any atom is -0.330 e. The predicted octanol–water partition coefficient (Wildman–Crippen LogP) is 1.14. The molecule has 0 bridgehead atoms. The van der Waals surface area contributed by atoms with Crippen LogP contribution in [0.4, 0.5) is 0 Å². The average molecular weight is 199 g/mol. The van der Waals surface area contributed by atoms with Crippen LogP contribution in [0.2, 0.25) is 0 Å². The van der Waals surface area contributed by atoms with Crippen LogP contribution >= 0.6 is 11.3 Å². The highest BCUT2D eigenvalue weighted by atomic mass is 32.1. The van der Waals surface area contributed by atoms with Gasteiger partial charge in [-0.15, -0.1) is 11.3 Å². The molecule has 1 heterocycles. The second kappa shape index (κ2) is 5.32. The van der Waals surface area contributed by atoms with Crippen LogP contribution in [0, 0.1) is 0 Å². The molecule has 4 heteroatoms. The zero-order chi connectivity index (χ0) is 9.68. The van der Waals surface area contributed by atoms with Gasteiger partial charge in [0.2, 0.25) is 0 Å². The molecule has 0 saturated carbocycles. The lowest BCUT2D eigenvalue weighted by molar-refractivity contribution is 0.582. The van der Waals surface area contributed by atoms with E-state index >= 15 is 0 Å². The van der Waals surface area contributed by atoms with Gasteiger partial charge in [-0.3, -0.25) is 0 Å². The van der Waals surface area contributed by atoms with Crippen LogP contribution in [0.15, 0.2) is 5.38 Å². The number of hydrogen-bond donors (Lipinski definition) is 2. The molecule has 0 atom stereocenters. The van der Waals surface area contributed by atoms with Gasteiger partial charge in [-0.1, -0.05) is 13.8 Å². The van der Waals surface area contributed by atoms with Crippen LogP contribution in [0.25, 0.3) is 0 Å². The molecule has 0 aliphatic carbocycles. The Balaban J connectivity index is 2.39. The van der Waals surface area contributed by atoms with Crippen LogP contribution < -0.4 is 11.1 Å². The molecule has 3 N–H and O–H groups in total. The van der Waals surface area contributed by atoms with Crippen molar-refractivity contribution in [1.29, 1.82) is 0 Å². The van der Waals surface area contributed by atoms with Crippen molar-refractivity contribution in [3.05, 3.63) is 16.1 Å². The fourth-order valence-corrected chi connectivity index (χ4v) is 1.79. The van der Waals surface area contributed by atoms with E-state index in [4.69, 9.17) is 5.73 Å². The van der Waals surface area contributed by atoms with Crippen molar-refractivity contribution >= 4 is 11.3 Å². The molecule has 0 saturated heterocycles. The first-order chi connectivity index (χ1) is 6.22. The molecule has 74 valence electrons. The molecule has 0 spiro atoms. The largest absolute Gasteiger partial charge is 0.330 e. The van der Waals surface area contributed by atoms with Crippen molar-refractivity contribution in [2.24, 2.45) is 5.73 Å². The average Bonchev–Trinajstić information content (AvgIpc) is 2.50. The lowest BCUT2D eigenvalue weighted by atomic mass is 10.3. The molecule has 0 amide bonds. The van der Waals surface area contributed by atoms with E-state index in [2.05, 4.69) is 29.5 Å². The Morgan fingerprint density at radius 1 is 1.62 bits per heavy atom. The zero-order valence-electron chi connectivity index (χ0n) is 8.21. The predicted molar refractivity (Wildman–Crippen MR) is 56.8 cm³/mol. The van der Waals surface area contributed by atoms with Crippen molar-refractivity contribution < 1.29 is 0 Å². The fraction of sp³-hybridized carbons (Fsp3) is 0.667. The highest BCUT2D eigenvalue weighted by Crippen LogP contribution is 2.09. The molecule has 0 fully saturated rings. The Hall–Kier alpha value is -0.450. The summed E-state index contributed by atoms with van der Waals surface area (Å²) in [6, 6.07) is 0.514. The van der Waals surface area contributed by atoms with E-state index in [-0.39, 0.29) is 0 Å². The second-order valence-corrected chi connectivity index (χ2v) is 4.25. The van der Waals surface area contributed by atoms with Crippen molar-refractivity contribution in [1.82, 2.24) is 10.3 Å². The van der Waals surface area contributed by atoms with Gasteiger partial charge >= 0.3 is 0 Å². The minimum absolute atomic E-state index is 0.514. The lowest BCUT2D eigenvalue weighted by Gasteiger charge is -2.04. The Labute approximate surface area is 83.4 Å². The van der Waals surface area contributed by atoms with E-state index in [9.17, 15) is 0 Å². The van der Waals surface area contributed by atoms with Crippen molar-refractivity contribution in [2.45, 2.75) is 32.9 Å². The summed E-state index contributed by atoms with van der Waals surface area (Å²) in [6.07, 6.45) is 0.895. The number of nitrogens with zero attached hydrogens (tertiary/aromatic N) is 1. The van der Waals surface area contributed by atoms with E-state index < -0.39 is 0 Å². The highest BCUT2D eigenvalue weighted by Gasteiger charge is 2.01. The third kappa shape index (κ3) is 3.85. The van der Waals surface area contributed by atoms with Crippen LogP contribution in [-0.2, 0) is 13.0 Å². The fourth-order valence-electron chi connectivity index (χ4n) is 0.977. The number of nitrogens with two attached hydrogens (primary N) is 1. The highest BCUT2D eigenvalue weighted by molar-refractivity contribution is 7.09. The van der Waals surface area contributed by atoms with Crippen LogP contribution in [0.5, 0.6) is 0 Å². The van der Waals surface area contributed by atoms with Gasteiger partial charge in [-0.2, -0.15) is 0 Å². The van der Waals surface area contributed by atoms with Gasteiger partial charge in [0.1, 0.15) is 0 Å². The summed E-state index contributed by atoms with van der Waals surface area (Å²) in [6.45, 7) is 5.81. The van der Waals surface area contributed by atoms with Crippen molar-refractivity contribution in [2.75, 3.05) is 6.54 Å². The lowest BCUT2D eigenvalue weighted by Crippen LogP contribution is -2.21. The standard InChI is InChI=1S/C9H17N3S/c1-7(2)11-5-8-6-13-9(12-8)3-4-10/h6-7,11H,3-5,10H2,1-2H3. The SMILES string of the molecule is CC(C)NCc1csc(CCN)n1. The molecule has 0 unspecified atom stereocenters. The molecule has 1 aromatic heterocycles. The quantitative estimate of drug-likeness (QED) is 0.747. The first kappa shape index (κ1) is 10.6. The van der Waals surface area contributed by atoms with Gasteiger partial charge < -0.3 is 11.1 Å². The summed E-state index contributed by atoms with van der Waals surface area (Å²) in [4.78, 5) is 4.45. The molecule has 0 aliphatic rings. The first-order valence-corrected chi connectivity index (χ1v) is 5.47. The second-order valence-electron chi connectivity index (χ2n) is 3.31. The molecule has 0 aromatic carbocycles. The van der Waals surface area contributed by atoms with Crippen LogP contribution in [0.1, 0.15) is 24.5 Å². The van der Waals surface area contributed by atoms with Crippen LogP contribution in [-0.4, -0.2) is 17.6 Å². The maximum Gasteiger partial charge on any atom is 0.0941 e. The zero-order valence-corrected chi connectivity index (χ0v) is 9.03. The van der Waals surface area contributed by atoms with E-state index in [0.29, 0.717) is 12.6 Å². The smallest absolute Gasteiger partial charge is 0.0941 e. The molecule has 1 aromatic rings. The van der Waals surface area contributed by atoms with E-state index in [0.717, 1.165) is 23.7 Å². The van der Waals surface area contributed by atoms with Crippen molar-refractivity contribution in [3.63, 3.8) is 0 Å². The number of nitrogens with one attached hydrogen (secondary N) is 1. The molecular formula is C9H17N3S. The van der Waals surface area contributed by atoms with E-state index in [1.54, 1.807) is 11.3 Å². The van der Waals surface area contributed by atoms with Gasteiger partial charge in [-0.25, -0.2) is 4.98 Å².